The fourth-order valence-corrected chi connectivity index (χ4v) is 0.903. The molecule has 1 amide bonds. The van der Waals surface area contributed by atoms with Crippen LogP contribution in [0.5, 0.6) is 0 Å². The lowest BCUT2D eigenvalue weighted by Crippen LogP contribution is -2.35. The molecule has 0 aliphatic heterocycles. The van der Waals surface area contributed by atoms with Gasteiger partial charge in [0.15, 0.2) is 0 Å². The van der Waals surface area contributed by atoms with Crippen molar-refractivity contribution in [2.45, 2.75) is 13.0 Å². The van der Waals surface area contributed by atoms with Crippen molar-refractivity contribution in [2.75, 3.05) is 12.4 Å². The van der Waals surface area contributed by atoms with Gasteiger partial charge in [-0.25, -0.2) is 0 Å². The normalized spacial score (nSPS) is 12.2. The number of carbonyl (C=O) groups excluding carboxylic acids is 1. The van der Waals surface area contributed by atoms with Gasteiger partial charge in [-0.15, -0.1) is 0 Å². The maximum atomic E-state index is 11.4. The second-order valence-electron chi connectivity index (χ2n) is 2.87. The summed E-state index contributed by atoms with van der Waals surface area (Å²) in [5.41, 5.74) is 0.828. The van der Waals surface area contributed by atoms with Gasteiger partial charge in [0.05, 0.1) is 6.04 Å². The Morgan fingerprint density at radius 3 is 2.46 bits per heavy atom. The van der Waals surface area contributed by atoms with E-state index in [-0.39, 0.29) is 11.9 Å². The van der Waals surface area contributed by atoms with Gasteiger partial charge in [-0.3, -0.25) is 4.79 Å². The molecule has 70 valence electrons. The van der Waals surface area contributed by atoms with Crippen LogP contribution >= 0.6 is 0 Å². The van der Waals surface area contributed by atoms with Crippen molar-refractivity contribution < 1.29 is 4.79 Å². The SMILES string of the molecule is CN[C@H](C)C(=O)Nc1ccccc1. The Balaban J connectivity index is 2.55. The van der Waals surface area contributed by atoms with E-state index >= 15 is 0 Å². The molecule has 1 atom stereocenters. The summed E-state index contributed by atoms with van der Waals surface area (Å²) in [5.74, 6) is -0.0197. The van der Waals surface area contributed by atoms with Crippen LogP contribution in [0.2, 0.25) is 0 Å². The van der Waals surface area contributed by atoms with Gasteiger partial charge in [-0.05, 0) is 26.1 Å². The maximum absolute atomic E-state index is 11.4. The predicted molar refractivity (Wildman–Crippen MR) is 53.6 cm³/mol. The quantitative estimate of drug-likeness (QED) is 0.731. The van der Waals surface area contributed by atoms with Crippen LogP contribution in [0.1, 0.15) is 6.92 Å². The summed E-state index contributed by atoms with van der Waals surface area (Å²) in [7, 11) is 1.76. The van der Waals surface area contributed by atoms with Gasteiger partial charge < -0.3 is 10.6 Å². The fourth-order valence-electron chi connectivity index (χ4n) is 0.903. The molecule has 0 radical (unpaired) electrons. The van der Waals surface area contributed by atoms with Gasteiger partial charge in [0.1, 0.15) is 0 Å². The van der Waals surface area contributed by atoms with E-state index in [2.05, 4.69) is 10.6 Å². The van der Waals surface area contributed by atoms with E-state index in [1.807, 2.05) is 37.3 Å². The monoisotopic (exact) mass is 178 g/mol. The molecule has 0 fully saturated rings. The van der Waals surface area contributed by atoms with Gasteiger partial charge in [0.2, 0.25) is 5.91 Å². The van der Waals surface area contributed by atoms with Gasteiger partial charge in [-0.2, -0.15) is 0 Å². The molecule has 0 unspecified atom stereocenters. The van der Waals surface area contributed by atoms with E-state index in [4.69, 9.17) is 0 Å². The molecule has 13 heavy (non-hydrogen) atoms. The van der Waals surface area contributed by atoms with Crippen LogP contribution in [0.15, 0.2) is 30.3 Å². The summed E-state index contributed by atoms with van der Waals surface area (Å²) in [5, 5.41) is 5.66. The third-order valence-electron chi connectivity index (χ3n) is 1.87. The van der Waals surface area contributed by atoms with E-state index in [0.717, 1.165) is 5.69 Å². The number of amides is 1. The minimum absolute atomic E-state index is 0.0197. The highest BCUT2D eigenvalue weighted by molar-refractivity contribution is 5.94. The van der Waals surface area contributed by atoms with Crippen molar-refractivity contribution in [3.8, 4) is 0 Å². The number of nitrogens with one attached hydrogen (secondary N) is 2. The first-order chi connectivity index (χ1) is 6.24. The number of hydrogen-bond donors (Lipinski definition) is 2. The van der Waals surface area contributed by atoms with Crippen LogP contribution in [0, 0.1) is 0 Å². The summed E-state index contributed by atoms with van der Waals surface area (Å²) in [4.78, 5) is 11.4. The maximum Gasteiger partial charge on any atom is 0.241 e. The zero-order chi connectivity index (χ0) is 9.68. The average molecular weight is 178 g/mol. The van der Waals surface area contributed by atoms with Crippen molar-refractivity contribution in [1.82, 2.24) is 5.32 Å². The highest BCUT2D eigenvalue weighted by Crippen LogP contribution is 2.04. The largest absolute Gasteiger partial charge is 0.325 e. The highest BCUT2D eigenvalue weighted by atomic mass is 16.2. The molecule has 3 heteroatoms. The van der Waals surface area contributed by atoms with Crippen molar-refractivity contribution in [2.24, 2.45) is 0 Å². The van der Waals surface area contributed by atoms with Crippen molar-refractivity contribution in [1.29, 1.82) is 0 Å². The molecule has 0 saturated carbocycles. The Hall–Kier alpha value is -1.35. The third kappa shape index (κ3) is 2.87. The predicted octanol–water partition coefficient (Wildman–Crippen LogP) is 1.23. The molecule has 0 saturated heterocycles. The first-order valence-corrected chi connectivity index (χ1v) is 4.27. The molecule has 3 nitrogen and oxygen atoms in total. The van der Waals surface area contributed by atoms with Gasteiger partial charge in [-0.1, -0.05) is 18.2 Å². The Bertz CT molecular complexity index is 272. The summed E-state index contributed by atoms with van der Waals surface area (Å²) in [6.07, 6.45) is 0. The number of rotatable bonds is 3. The van der Waals surface area contributed by atoms with Crippen LogP contribution in [-0.2, 0) is 4.79 Å². The van der Waals surface area contributed by atoms with Crippen LogP contribution in [0.3, 0.4) is 0 Å². The summed E-state index contributed by atoms with van der Waals surface area (Å²) < 4.78 is 0. The number of para-hydroxylation sites is 1. The molecule has 1 aromatic rings. The molecule has 0 aromatic heterocycles. The Morgan fingerprint density at radius 1 is 1.31 bits per heavy atom. The number of benzene rings is 1. The molecular formula is C10H14N2O. The number of likely N-dealkylation sites (N-methyl/N-ethyl adjacent to an activating group) is 1. The van der Waals surface area contributed by atoms with E-state index in [1.165, 1.54) is 0 Å². The molecule has 0 aliphatic rings. The van der Waals surface area contributed by atoms with E-state index in [9.17, 15) is 4.79 Å². The lowest BCUT2D eigenvalue weighted by atomic mass is 10.3. The zero-order valence-electron chi connectivity index (χ0n) is 7.87. The molecule has 1 aromatic carbocycles. The zero-order valence-corrected chi connectivity index (χ0v) is 7.87. The molecular weight excluding hydrogens is 164 g/mol. The van der Waals surface area contributed by atoms with E-state index in [1.54, 1.807) is 7.05 Å². The second kappa shape index (κ2) is 4.62. The van der Waals surface area contributed by atoms with E-state index in [0.29, 0.717) is 0 Å². The fraction of sp³-hybridized carbons (Fsp3) is 0.300. The number of hydrogen-bond acceptors (Lipinski definition) is 2. The third-order valence-corrected chi connectivity index (χ3v) is 1.87. The van der Waals surface area contributed by atoms with Crippen molar-refractivity contribution >= 4 is 11.6 Å². The lowest BCUT2D eigenvalue weighted by Gasteiger charge is -2.10. The number of carbonyl (C=O) groups is 1. The minimum Gasteiger partial charge on any atom is -0.325 e. The minimum atomic E-state index is -0.166. The van der Waals surface area contributed by atoms with Crippen LogP contribution in [0.25, 0.3) is 0 Å². The molecule has 0 heterocycles. The Kier molecular flexibility index (Phi) is 3.46. The molecule has 0 aliphatic carbocycles. The topological polar surface area (TPSA) is 41.1 Å². The highest BCUT2D eigenvalue weighted by Gasteiger charge is 2.08. The van der Waals surface area contributed by atoms with Gasteiger partial charge in [0, 0.05) is 5.69 Å². The van der Waals surface area contributed by atoms with E-state index < -0.39 is 0 Å². The standard InChI is InChI=1S/C10H14N2O/c1-8(11-2)10(13)12-9-6-4-3-5-7-9/h3-8,11H,1-2H3,(H,12,13)/t8-/m1/s1. The summed E-state index contributed by atoms with van der Waals surface area (Å²) >= 11 is 0. The van der Waals surface area contributed by atoms with Gasteiger partial charge in [0.25, 0.3) is 0 Å². The molecule has 1 rings (SSSR count). The molecule has 2 N–H and O–H groups in total. The van der Waals surface area contributed by atoms with Crippen molar-refractivity contribution in [3.05, 3.63) is 30.3 Å². The first-order valence-electron chi connectivity index (χ1n) is 4.27. The van der Waals surface area contributed by atoms with Crippen LogP contribution in [-0.4, -0.2) is 19.0 Å². The summed E-state index contributed by atoms with van der Waals surface area (Å²) in [6, 6.07) is 9.25. The van der Waals surface area contributed by atoms with Crippen LogP contribution in [0.4, 0.5) is 5.69 Å². The second-order valence-corrected chi connectivity index (χ2v) is 2.87. The Morgan fingerprint density at radius 2 is 1.92 bits per heavy atom. The molecule has 0 bridgehead atoms. The van der Waals surface area contributed by atoms with Gasteiger partial charge >= 0.3 is 0 Å². The van der Waals surface area contributed by atoms with Crippen molar-refractivity contribution in [3.63, 3.8) is 0 Å². The Labute approximate surface area is 78.2 Å². The number of anilines is 1. The lowest BCUT2D eigenvalue weighted by molar-refractivity contribution is -0.117. The average Bonchev–Trinajstić information content (AvgIpc) is 2.18. The van der Waals surface area contributed by atoms with Crippen LogP contribution < -0.4 is 10.6 Å². The first kappa shape index (κ1) is 9.74. The smallest absolute Gasteiger partial charge is 0.241 e. The molecule has 0 spiro atoms. The summed E-state index contributed by atoms with van der Waals surface area (Å²) in [6.45, 7) is 1.82.